The maximum Gasteiger partial charge on any atom is 0.329 e. The van der Waals surface area contributed by atoms with Crippen LogP contribution >= 0.6 is 0 Å². The van der Waals surface area contributed by atoms with E-state index in [1.165, 1.54) is 0 Å². The smallest absolute Gasteiger partial charge is 0.329 e. The summed E-state index contributed by atoms with van der Waals surface area (Å²) < 4.78 is 5.26. The molecule has 0 aromatic rings. The number of carboxylic acids is 1. The second-order valence-electron chi connectivity index (χ2n) is 5.50. The third-order valence-corrected chi connectivity index (χ3v) is 4.02. The summed E-state index contributed by atoms with van der Waals surface area (Å²) in [5.41, 5.74) is 5.84. The number of ether oxygens (including phenoxy) is 1. The highest BCUT2D eigenvalue weighted by Gasteiger charge is 2.32. The van der Waals surface area contributed by atoms with E-state index in [-0.39, 0.29) is 30.6 Å². The topological polar surface area (TPSA) is 92.9 Å². The second-order valence-corrected chi connectivity index (χ2v) is 5.50. The molecule has 2 unspecified atom stereocenters. The number of hydrogen-bond acceptors (Lipinski definition) is 4. The van der Waals surface area contributed by atoms with Crippen molar-refractivity contribution >= 4 is 11.9 Å². The molecular weight excluding hydrogens is 248 g/mol. The number of likely N-dealkylation sites (tertiary alicyclic amines) is 1. The van der Waals surface area contributed by atoms with Crippen molar-refractivity contribution in [3.63, 3.8) is 0 Å². The van der Waals surface area contributed by atoms with Crippen LogP contribution in [0.4, 0.5) is 0 Å². The number of carbonyl (C=O) groups is 2. The molecule has 1 aliphatic carbocycles. The number of hydrogen-bond donors (Lipinski definition) is 2. The van der Waals surface area contributed by atoms with E-state index < -0.39 is 5.97 Å². The summed E-state index contributed by atoms with van der Waals surface area (Å²) in [6.07, 6.45) is 4.04. The molecule has 0 aromatic heterocycles. The summed E-state index contributed by atoms with van der Waals surface area (Å²) in [5, 5.41) is 8.55. The van der Waals surface area contributed by atoms with Crippen LogP contribution in [0, 0.1) is 5.92 Å². The monoisotopic (exact) mass is 270 g/mol. The highest BCUT2D eigenvalue weighted by molar-refractivity contribution is 5.79. The molecule has 1 heterocycles. The molecule has 1 aliphatic heterocycles. The molecule has 108 valence electrons. The maximum atomic E-state index is 12.3. The summed E-state index contributed by atoms with van der Waals surface area (Å²) in [7, 11) is 0. The number of carbonyl (C=O) groups excluding carboxylic acids is 1. The Morgan fingerprint density at radius 3 is 2.42 bits per heavy atom. The fraction of sp³-hybridized carbons (Fsp3) is 0.846. The first-order valence-corrected chi connectivity index (χ1v) is 6.94. The van der Waals surface area contributed by atoms with E-state index >= 15 is 0 Å². The second kappa shape index (κ2) is 6.34. The number of rotatable bonds is 4. The lowest BCUT2D eigenvalue weighted by Crippen LogP contribution is -2.43. The van der Waals surface area contributed by atoms with Crippen molar-refractivity contribution < 1.29 is 19.4 Å². The first kappa shape index (κ1) is 14.3. The van der Waals surface area contributed by atoms with E-state index in [9.17, 15) is 9.59 Å². The van der Waals surface area contributed by atoms with Gasteiger partial charge in [0, 0.05) is 25.0 Å². The number of aliphatic carboxylic acids is 1. The summed E-state index contributed by atoms with van der Waals surface area (Å²) in [5.74, 6) is -0.644. The van der Waals surface area contributed by atoms with Crippen molar-refractivity contribution in [1.29, 1.82) is 0 Å². The Hall–Kier alpha value is -1.14. The van der Waals surface area contributed by atoms with E-state index in [0.717, 1.165) is 32.1 Å². The van der Waals surface area contributed by atoms with Gasteiger partial charge >= 0.3 is 5.97 Å². The zero-order valence-electron chi connectivity index (χ0n) is 11.1. The average Bonchev–Trinajstić information content (AvgIpc) is 2.83. The molecule has 1 saturated heterocycles. The van der Waals surface area contributed by atoms with Gasteiger partial charge < -0.3 is 20.5 Å². The van der Waals surface area contributed by atoms with Crippen LogP contribution in [0.3, 0.4) is 0 Å². The van der Waals surface area contributed by atoms with Gasteiger partial charge in [0.25, 0.3) is 0 Å². The quantitative estimate of drug-likeness (QED) is 0.761. The molecule has 0 radical (unpaired) electrons. The van der Waals surface area contributed by atoms with Crippen molar-refractivity contribution in [2.24, 2.45) is 11.7 Å². The summed E-state index contributed by atoms with van der Waals surface area (Å²) in [6.45, 7) is 1.07. The highest BCUT2D eigenvalue weighted by Crippen LogP contribution is 2.27. The van der Waals surface area contributed by atoms with Crippen LogP contribution in [0.5, 0.6) is 0 Å². The average molecular weight is 270 g/mol. The van der Waals surface area contributed by atoms with Crippen LogP contribution in [-0.2, 0) is 14.3 Å². The van der Waals surface area contributed by atoms with Crippen LogP contribution in [0.2, 0.25) is 0 Å². The minimum atomic E-state index is -0.946. The predicted molar refractivity (Wildman–Crippen MR) is 68.5 cm³/mol. The van der Waals surface area contributed by atoms with Gasteiger partial charge in [-0.1, -0.05) is 0 Å². The Labute approximate surface area is 112 Å². The molecule has 0 spiro atoms. The van der Waals surface area contributed by atoms with Gasteiger partial charge in [-0.25, -0.2) is 4.79 Å². The van der Waals surface area contributed by atoms with E-state index in [0.29, 0.717) is 13.1 Å². The Kier molecular flexibility index (Phi) is 4.76. The summed E-state index contributed by atoms with van der Waals surface area (Å²) >= 11 is 0. The van der Waals surface area contributed by atoms with E-state index in [1.807, 2.05) is 4.90 Å². The lowest BCUT2D eigenvalue weighted by atomic mass is 10.0. The van der Waals surface area contributed by atoms with Crippen LogP contribution in [0.15, 0.2) is 0 Å². The fourth-order valence-corrected chi connectivity index (χ4v) is 2.93. The van der Waals surface area contributed by atoms with Gasteiger partial charge in [0.15, 0.2) is 0 Å². The van der Waals surface area contributed by atoms with Gasteiger partial charge in [-0.3, -0.25) is 4.79 Å². The van der Waals surface area contributed by atoms with Crippen molar-refractivity contribution in [2.45, 2.75) is 44.2 Å². The molecule has 2 aliphatic rings. The van der Waals surface area contributed by atoms with Crippen LogP contribution < -0.4 is 5.73 Å². The van der Waals surface area contributed by atoms with Gasteiger partial charge in [0.05, 0.1) is 6.10 Å². The van der Waals surface area contributed by atoms with E-state index in [4.69, 9.17) is 15.6 Å². The Morgan fingerprint density at radius 2 is 1.89 bits per heavy atom. The minimum absolute atomic E-state index is 0.0361. The van der Waals surface area contributed by atoms with Crippen molar-refractivity contribution in [1.82, 2.24) is 4.90 Å². The van der Waals surface area contributed by atoms with Crippen molar-refractivity contribution in [2.75, 3.05) is 19.7 Å². The molecule has 0 aromatic carbocycles. The number of amides is 1. The number of piperidine rings is 1. The third-order valence-electron chi connectivity index (χ3n) is 4.02. The summed E-state index contributed by atoms with van der Waals surface area (Å²) in [6, 6.07) is 0.172. The first-order chi connectivity index (χ1) is 9.06. The zero-order chi connectivity index (χ0) is 13.8. The van der Waals surface area contributed by atoms with E-state index in [1.54, 1.807) is 0 Å². The van der Waals surface area contributed by atoms with Gasteiger partial charge in [-0.15, -0.1) is 0 Å². The van der Waals surface area contributed by atoms with Crippen LogP contribution in [0.25, 0.3) is 0 Å². The van der Waals surface area contributed by atoms with Gasteiger partial charge in [0.2, 0.25) is 5.91 Å². The molecule has 0 bridgehead atoms. The SMILES string of the molecule is NC1CCC(C(=O)N2CCC(OCC(=O)O)CC2)C1. The van der Waals surface area contributed by atoms with Gasteiger partial charge in [-0.05, 0) is 32.1 Å². The number of nitrogens with zero attached hydrogens (tertiary/aromatic N) is 1. The lowest BCUT2D eigenvalue weighted by molar-refractivity contribution is -0.147. The Balaban J connectivity index is 1.73. The first-order valence-electron chi connectivity index (χ1n) is 6.94. The molecular formula is C13H22N2O4. The molecule has 1 saturated carbocycles. The molecule has 2 atom stereocenters. The number of carboxylic acid groups (broad SMARTS) is 1. The summed E-state index contributed by atoms with van der Waals surface area (Å²) in [4.78, 5) is 24.6. The highest BCUT2D eigenvalue weighted by atomic mass is 16.5. The maximum absolute atomic E-state index is 12.3. The molecule has 3 N–H and O–H groups in total. The lowest BCUT2D eigenvalue weighted by Gasteiger charge is -2.33. The normalized spacial score (nSPS) is 28.6. The van der Waals surface area contributed by atoms with Gasteiger partial charge in [-0.2, -0.15) is 0 Å². The standard InChI is InChI=1S/C13H22N2O4/c14-10-2-1-9(7-10)13(18)15-5-3-11(4-6-15)19-8-12(16)17/h9-11H,1-8,14H2,(H,16,17). The van der Waals surface area contributed by atoms with E-state index in [2.05, 4.69) is 0 Å². The molecule has 2 fully saturated rings. The van der Waals surface area contributed by atoms with Crippen LogP contribution in [0.1, 0.15) is 32.1 Å². The van der Waals surface area contributed by atoms with Gasteiger partial charge in [0.1, 0.15) is 6.61 Å². The fourth-order valence-electron chi connectivity index (χ4n) is 2.93. The number of nitrogens with two attached hydrogens (primary N) is 1. The minimum Gasteiger partial charge on any atom is -0.480 e. The third kappa shape index (κ3) is 3.91. The Morgan fingerprint density at radius 1 is 1.21 bits per heavy atom. The van der Waals surface area contributed by atoms with Crippen LogP contribution in [-0.4, -0.2) is 53.7 Å². The zero-order valence-corrected chi connectivity index (χ0v) is 11.1. The molecule has 6 nitrogen and oxygen atoms in total. The van der Waals surface area contributed by atoms with Crippen molar-refractivity contribution in [3.05, 3.63) is 0 Å². The molecule has 19 heavy (non-hydrogen) atoms. The molecule has 1 amide bonds. The predicted octanol–water partition coefficient (Wildman–Crippen LogP) is 0.206. The largest absolute Gasteiger partial charge is 0.480 e. The molecule has 6 heteroatoms. The van der Waals surface area contributed by atoms with Crippen molar-refractivity contribution in [3.8, 4) is 0 Å². The molecule has 2 rings (SSSR count). The Bertz CT molecular complexity index is 340.